The van der Waals surface area contributed by atoms with Crippen molar-refractivity contribution in [1.82, 2.24) is 0 Å². The lowest BCUT2D eigenvalue weighted by molar-refractivity contribution is 0.117. The van der Waals surface area contributed by atoms with Gasteiger partial charge >= 0.3 is 0 Å². The van der Waals surface area contributed by atoms with Gasteiger partial charge in [0.25, 0.3) is 0 Å². The number of unbranched alkanes of at least 4 members (excludes halogenated alkanes) is 2. The predicted molar refractivity (Wildman–Crippen MR) is 155 cm³/mol. The Hall–Kier alpha value is -1.67. The van der Waals surface area contributed by atoms with Crippen LogP contribution in [0.25, 0.3) is 11.1 Å². The van der Waals surface area contributed by atoms with Gasteiger partial charge in [0.2, 0.25) is 0 Å². The summed E-state index contributed by atoms with van der Waals surface area (Å²) in [6, 6.07) is 14.8. The fourth-order valence-electron chi connectivity index (χ4n) is 6.94. The Morgan fingerprint density at radius 1 is 0.676 bits per heavy atom. The lowest BCUT2D eigenvalue weighted by Gasteiger charge is -2.28. The third-order valence-corrected chi connectivity index (χ3v) is 9.55. The maximum atomic E-state index is 15.0. The van der Waals surface area contributed by atoms with Crippen LogP contribution in [0.4, 0.5) is 4.39 Å². The van der Waals surface area contributed by atoms with E-state index in [0.29, 0.717) is 0 Å². The minimum Gasteiger partial charge on any atom is -0.384 e. The third kappa shape index (κ3) is 8.95. The van der Waals surface area contributed by atoms with Gasteiger partial charge in [-0.2, -0.15) is 0 Å². The Bertz CT molecular complexity index is 903. The number of halogens is 1. The first kappa shape index (κ1) is 28.3. The van der Waals surface area contributed by atoms with E-state index in [1.807, 2.05) is 6.07 Å². The lowest BCUT2D eigenvalue weighted by Crippen LogP contribution is -2.18. The summed E-state index contributed by atoms with van der Waals surface area (Å²) in [7, 11) is 1.80. The highest BCUT2D eigenvalue weighted by atomic mass is 19.1. The Morgan fingerprint density at radius 3 is 1.84 bits per heavy atom. The summed E-state index contributed by atoms with van der Waals surface area (Å²) in [4.78, 5) is 0. The predicted octanol–water partition coefficient (Wildman–Crippen LogP) is 10.2. The maximum Gasteiger partial charge on any atom is 0.127 e. The SMILES string of the molecule is CCCCCC1CCC(CCc2ccc(-c3ccc(CCC4CCC(COC)CC4)c(F)c3)cc2)CC1. The molecular weight excluding hydrogens is 455 g/mol. The van der Waals surface area contributed by atoms with Crippen LogP contribution < -0.4 is 0 Å². The molecule has 0 amide bonds. The second-order valence-electron chi connectivity index (χ2n) is 12.3. The van der Waals surface area contributed by atoms with Crippen LogP contribution in [0.15, 0.2) is 42.5 Å². The molecule has 4 rings (SSSR count). The Kier molecular flexibility index (Phi) is 11.5. The van der Waals surface area contributed by atoms with Crippen molar-refractivity contribution in [1.29, 1.82) is 0 Å². The average molecular weight is 507 g/mol. The molecule has 2 heteroatoms. The molecule has 0 aliphatic heterocycles. The molecular formula is C35H51FO. The average Bonchev–Trinajstić information content (AvgIpc) is 2.93. The van der Waals surface area contributed by atoms with Gasteiger partial charge in [0.05, 0.1) is 0 Å². The van der Waals surface area contributed by atoms with Crippen LogP contribution in [-0.2, 0) is 17.6 Å². The number of aryl methyl sites for hydroxylation is 2. The molecule has 2 aromatic carbocycles. The van der Waals surface area contributed by atoms with Crippen molar-refractivity contribution in [2.45, 2.75) is 110 Å². The van der Waals surface area contributed by atoms with Crippen molar-refractivity contribution < 1.29 is 9.13 Å². The van der Waals surface area contributed by atoms with Gasteiger partial charge in [-0.1, -0.05) is 108 Å². The summed E-state index contributed by atoms with van der Waals surface area (Å²) in [6.45, 7) is 3.19. The summed E-state index contributed by atoms with van der Waals surface area (Å²) in [5.41, 5.74) is 4.41. The van der Waals surface area contributed by atoms with Crippen molar-refractivity contribution in [3.63, 3.8) is 0 Å². The van der Waals surface area contributed by atoms with Gasteiger partial charge in [-0.05, 0) is 90.5 Å². The highest BCUT2D eigenvalue weighted by Crippen LogP contribution is 2.35. The molecule has 37 heavy (non-hydrogen) atoms. The zero-order valence-electron chi connectivity index (χ0n) is 23.7. The number of benzene rings is 2. The minimum atomic E-state index is -0.0417. The largest absolute Gasteiger partial charge is 0.384 e. The molecule has 2 aromatic rings. The van der Waals surface area contributed by atoms with Gasteiger partial charge in [-0.25, -0.2) is 4.39 Å². The molecule has 2 fully saturated rings. The van der Waals surface area contributed by atoms with E-state index in [0.717, 1.165) is 59.8 Å². The second-order valence-corrected chi connectivity index (χ2v) is 12.3. The van der Waals surface area contributed by atoms with Crippen LogP contribution >= 0.6 is 0 Å². The fraction of sp³-hybridized carbons (Fsp3) is 0.657. The zero-order chi connectivity index (χ0) is 25.9. The van der Waals surface area contributed by atoms with Gasteiger partial charge < -0.3 is 4.74 Å². The first-order chi connectivity index (χ1) is 18.1. The topological polar surface area (TPSA) is 9.23 Å². The van der Waals surface area contributed by atoms with Gasteiger partial charge in [-0.15, -0.1) is 0 Å². The molecule has 2 aliphatic rings. The Morgan fingerprint density at radius 2 is 1.24 bits per heavy atom. The smallest absolute Gasteiger partial charge is 0.127 e. The van der Waals surface area contributed by atoms with Crippen molar-refractivity contribution in [3.05, 3.63) is 59.4 Å². The summed E-state index contributed by atoms with van der Waals surface area (Å²) < 4.78 is 20.3. The molecule has 0 saturated heterocycles. The van der Waals surface area contributed by atoms with Crippen LogP contribution in [0.3, 0.4) is 0 Å². The molecule has 1 nitrogen and oxygen atoms in total. The quantitative estimate of drug-likeness (QED) is 0.246. The van der Waals surface area contributed by atoms with Crippen LogP contribution in [-0.4, -0.2) is 13.7 Å². The monoisotopic (exact) mass is 506 g/mol. The Balaban J connectivity index is 1.20. The zero-order valence-corrected chi connectivity index (χ0v) is 23.7. The van der Waals surface area contributed by atoms with E-state index in [-0.39, 0.29) is 5.82 Å². The molecule has 0 aromatic heterocycles. The van der Waals surface area contributed by atoms with E-state index in [4.69, 9.17) is 4.74 Å². The molecule has 0 N–H and O–H groups in total. The first-order valence-electron chi connectivity index (χ1n) is 15.5. The number of methoxy groups -OCH3 is 1. The van der Waals surface area contributed by atoms with Crippen LogP contribution in [0.1, 0.15) is 108 Å². The number of ether oxygens (including phenoxy) is 1. The second kappa shape index (κ2) is 15.1. The van der Waals surface area contributed by atoms with Gasteiger partial charge in [0.15, 0.2) is 0 Å². The summed E-state index contributed by atoms with van der Waals surface area (Å²) >= 11 is 0. The molecule has 2 aliphatic carbocycles. The van der Waals surface area contributed by atoms with Crippen LogP contribution in [0.2, 0.25) is 0 Å². The summed E-state index contributed by atoms with van der Waals surface area (Å²) in [6.07, 6.45) is 20.9. The highest BCUT2D eigenvalue weighted by Gasteiger charge is 2.22. The summed E-state index contributed by atoms with van der Waals surface area (Å²) in [5.74, 6) is 3.32. The molecule has 204 valence electrons. The highest BCUT2D eigenvalue weighted by molar-refractivity contribution is 5.64. The molecule has 0 bridgehead atoms. The van der Waals surface area contributed by atoms with E-state index in [1.165, 1.54) is 95.5 Å². The molecule has 0 atom stereocenters. The lowest BCUT2D eigenvalue weighted by atomic mass is 9.78. The normalized spacial score (nSPS) is 24.3. The molecule has 2 saturated carbocycles. The van der Waals surface area contributed by atoms with Gasteiger partial charge in [0, 0.05) is 13.7 Å². The van der Waals surface area contributed by atoms with E-state index in [9.17, 15) is 4.39 Å². The molecule has 0 heterocycles. The van der Waals surface area contributed by atoms with E-state index in [2.05, 4.69) is 37.3 Å². The first-order valence-corrected chi connectivity index (χ1v) is 15.5. The molecule has 0 radical (unpaired) electrons. The van der Waals surface area contributed by atoms with Crippen molar-refractivity contribution in [3.8, 4) is 11.1 Å². The van der Waals surface area contributed by atoms with Crippen LogP contribution in [0.5, 0.6) is 0 Å². The standard InChI is InChI=1S/C35H51FO/c1-3-4-5-6-27-7-9-28(10-8-27)11-12-30-17-20-32(21-18-30)34-24-23-33(35(36)25-34)22-19-29-13-15-31(16-14-29)26-37-2/h17-18,20-21,23-25,27-29,31H,3-16,19,22,26H2,1-2H3. The van der Waals surface area contributed by atoms with Crippen molar-refractivity contribution >= 4 is 0 Å². The number of rotatable bonds is 13. The fourth-order valence-corrected chi connectivity index (χ4v) is 6.94. The van der Waals surface area contributed by atoms with Crippen molar-refractivity contribution in [2.24, 2.45) is 23.7 Å². The van der Waals surface area contributed by atoms with Gasteiger partial charge in [0.1, 0.15) is 5.82 Å². The Labute approximate surface area is 226 Å². The minimum absolute atomic E-state index is 0.0417. The van der Waals surface area contributed by atoms with Crippen LogP contribution in [0, 0.1) is 29.5 Å². The van der Waals surface area contributed by atoms with E-state index in [1.54, 1.807) is 13.2 Å². The molecule has 0 spiro atoms. The maximum absolute atomic E-state index is 15.0. The third-order valence-electron chi connectivity index (χ3n) is 9.55. The summed E-state index contributed by atoms with van der Waals surface area (Å²) in [5, 5.41) is 0. The van der Waals surface area contributed by atoms with E-state index < -0.39 is 0 Å². The van der Waals surface area contributed by atoms with Crippen molar-refractivity contribution in [2.75, 3.05) is 13.7 Å². The molecule has 0 unspecified atom stereocenters. The number of hydrogen-bond acceptors (Lipinski definition) is 1. The van der Waals surface area contributed by atoms with Gasteiger partial charge in [-0.3, -0.25) is 0 Å². The van der Waals surface area contributed by atoms with E-state index >= 15 is 0 Å². The number of hydrogen-bond donors (Lipinski definition) is 0.